The van der Waals surface area contributed by atoms with Crippen molar-refractivity contribution >= 4 is 32.7 Å². The molecule has 0 amide bonds. The Kier molecular flexibility index (Phi) is 2.22. The second-order valence-corrected chi connectivity index (χ2v) is 5.56. The fraction of sp³-hybridized carbons (Fsp3) is 0. The predicted molar refractivity (Wildman–Crippen MR) is 90.9 cm³/mol. The van der Waals surface area contributed by atoms with E-state index in [1.165, 1.54) is 27.3 Å². The summed E-state index contributed by atoms with van der Waals surface area (Å²) < 4.78 is 0. The quantitative estimate of drug-likeness (QED) is 0.453. The van der Waals surface area contributed by atoms with Crippen LogP contribution in [0.2, 0.25) is 0 Å². The molecular formula is C19H13N3. The van der Waals surface area contributed by atoms with Crippen molar-refractivity contribution in [3.8, 4) is 11.1 Å². The summed E-state index contributed by atoms with van der Waals surface area (Å²) in [6, 6.07) is 17.0. The van der Waals surface area contributed by atoms with Gasteiger partial charge in [-0.15, -0.1) is 0 Å². The lowest BCUT2D eigenvalue weighted by Gasteiger charge is -2.00. The maximum Gasteiger partial charge on any atom is 0.0651 e. The minimum Gasteiger partial charge on any atom is -0.360 e. The third kappa shape index (κ3) is 1.53. The molecule has 2 N–H and O–H groups in total. The minimum atomic E-state index is 1.08. The number of hydrogen-bond acceptors (Lipinski definition) is 1. The van der Waals surface area contributed by atoms with Crippen molar-refractivity contribution in [3.05, 3.63) is 67.1 Å². The zero-order valence-electron chi connectivity index (χ0n) is 11.8. The third-order valence-electron chi connectivity index (χ3n) is 4.29. The van der Waals surface area contributed by atoms with Gasteiger partial charge in [0.25, 0.3) is 0 Å². The van der Waals surface area contributed by atoms with Crippen LogP contribution < -0.4 is 0 Å². The van der Waals surface area contributed by atoms with Crippen LogP contribution >= 0.6 is 0 Å². The summed E-state index contributed by atoms with van der Waals surface area (Å²) in [6.07, 6.45) is 5.81. The fourth-order valence-electron chi connectivity index (χ4n) is 3.23. The molecule has 22 heavy (non-hydrogen) atoms. The van der Waals surface area contributed by atoms with Crippen LogP contribution in [0.4, 0.5) is 0 Å². The van der Waals surface area contributed by atoms with Crippen molar-refractivity contribution in [1.29, 1.82) is 0 Å². The standard InChI is InChI=1S/C19H13N3/c1-2-4-12(5-3-1)16-10-21-17-9-18-14(8-15(16)17)13-6-7-20-11-19(13)22-18/h1-11,21-22H. The van der Waals surface area contributed by atoms with Crippen molar-refractivity contribution < 1.29 is 0 Å². The van der Waals surface area contributed by atoms with Crippen LogP contribution in [-0.4, -0.2) is 15.0 Å². The summed E-state index contributed by atoms with van der Waals surface area (Å²) in [7, 11) is 0. The highest BCUT2D eigenvalue weighted by Gasteiger charge is 2.10. The fourth-order valence-corrected chi connectivity index (χ4v) is 3.23. The highest BCUT2D eigenvalue weighted by molar-refractivity contribution is 6.13. The van der Waals surface area contributed by atoms with Crippen molar-refractivity contribution in [2.45, 2.75) is 0 Å². The summed E-state index contributed by atoms with van der Waals surface area (Å²) in [5.41, 5.74) is 5.82. The van der Waals surface area contributed by atoms with Gasteiger partial charge >= 0.3 is 0 Å². The third-order valence-corrected chi connectivity index (χ3v) is 4.29. The van der Waals surface area contributed by atoms with E-state index in [0.29, 0.717) is 0 Å². The first-order valence-electron chi connectivity index (χ1n) is 7.32. The molecule has 0 saturated carbocycles. The molecule has 0 fully saturated rings. The second kappa shape index (κ2) is 4.21. The molecule has 0 aliphatic heterocycles. The van der Waals surface area contributed by atoms with Gasteiger partial charge in [-0.3, -0.25) is 4.98 Å². The molecule has 0 aliphatic rings. The Labute approximate surface area is 126 Å². The van der Waals surface area contributed by atoms with Crippen molar-refractivity contribution in [2.75, 3.05) is 0 Å². The molecule has 3 aromatic heterocycles. The predicted octanol–water partition coefficient (Wildman–Crippen LogP) is 4.86. The largest absolute Gasteiger partial charge is 0.360 e. The average Bonchev–Trinajstić information content (AvgIpc) is 3.14. The molecule has 3 heteroatoms. The summed E-state index contributed by atoms with van der Waals surface area (Å²) in [5.74, 6) is 0. The monoisotopic (exact) mass is 283 g/mol. The number of benzene rings is 2. The van der Waals surface area contributed by atoms with E-state index in [9.17, 15) is 0 Å². The normalized spacial score (nSPS) is 11.6. The van der Waals surface area contributed by atoms with Gasteiger partial charge in [0.15, 0.2) is 0 Å². The van der Waals surface area contributed by atoms with Crippen LogP contribution in [0.3, 0.4) is 0 Å². The number of nitrogens with zero attached hydrogens (tertiary/aromatic N) is 1. The van der Waals surface area contributed by atoms with Crippen molar-refractivity contribution in [2.24, 2.45) is 0 Å². The highest BCUT2D eigenvalue weighted by Crippen LogP contribution is 2.34. The van der Waals surface area contributed by atoms with Crippen LogP contribution in [0.5, 0.6) is 0 Å². The lowest BCUT2D eigenvalue weighted by atomic mass is 10.0. The summed E-state index contributed by atoms with van der Waals surface area (Å²) >= 11 is 0. The van der Waals surface area contributed by atoms with Crippen LogP contribution in [0.15, 0.2) is 67.1 Å². The summed E-state index contributed by atoms with van der Waals surface area (Å²) in [4.78, 5) is 11.0. The van der Waals surface area contributed by atoms with Crippen LogP contribution in [0.1, 0.15) is 0 Å². The Morgan fingerprint density at radius 3 is 2.59 bits per heavy atom. The molecule has 0 aliphatic carbocycles. The zero-order valence-corrected chi connectivity index (χ0v) is 11.8. The van der Waals surface area contributed by atoms with Gasteiger partial charge < -0.3 is 9.97 Å². The molecule has 0 radical (unpaired) electrons. The lowest BCUT2D eigenvalue weighted by Crippen LogP contribution is -1.75. The molecule has 2 aromatic carbocycles. The van der Waals surface area contributed by atoms with Gasteiger partial charge in [-0.25, -0.2) is 0 Å². The van der Waals surface area contributed by atoms with E-state index < -0.39 is 0 Å². The molecule has 0 unspecified atom stereocenters. The van der Waals surface area contributed by atoms with Crippen LogP contribution in [0.25, 0.3) is 43.8 Å². The number of pyridine rings is 1. The molecule has 3 nitrogen and oxygen atoms in total. The average molecular weight is 283 g/mol. The molecule has 0 bridgehead atoms. The number of hydrogen-bond donors (Lipinski definition) is 2. The lowest BCUT2D eigenvalue weighted by molar-refractivity contribution is 1.35. The van der Waals surface area contributed by atoms with E-state index in [1.54, 1.807) is 0 Å². The molecule has 5 aromatic rings. The molecular weight excluding hydrogens is 270 g/mol. The van der Waals surface area contributed by atoms with E-state index in [0.717, 1.165) is 16.6 Å². The zero-order chi connectivity index (χ0) is 14.5. The van der Waals surface area contributed by atoms with Gasteiger partial charge in [0, 0.05) is 45.1 Å². The first-order chi connectivity index (χ1) is 10.9. The molecule has 0 atom stereocenters. The highest BCUT2D eigenvalue weighted by atomic mass is 14.8. The Bertz CT molecular complexity index is 1120. The van der Waals surface area contributed by atoms with E-state index in [1.807, 2.05) is 18.5 Å². The number of H-pyrrole nitrogens is 2. The molecule has 104 valence electrons. The van der Waals surface area contributed by atoms with Crippen molar-refractivity contribution in [1.82, 2.24) is 15.0 Å². The van der Waals surface area contributed by atoms with Gasteiger partial charge in [0.05, 0.1) is 11.7 Å². The van der Waals surface area contributed by atoms with Gasteiger partial charge in [0.1, 0.15) is 0 Å². The molecule has 3 heterocycles. The molecule has 5 rings (SSSR count). The van der Waals surface area contributed by atoms with Crippen LogP contribution in [0, 0.1) is 0 Å². The number of nitrogens with one attached hydrogen (secondary N) is 2. The van der Waals surface area contributed by atoms with Gasteiger partial charge in [0.2, 0.25) is 0 Å². The van der Waals surface area contributed by atoms with E-state index in [2.05, 4.69) is 63.6 Å². The number of aromatic amines is 2. The smallest absolute Gasteiger partial charge is 0.0651 e. The first kappa shape index (κ1) is 11.6. The maximum absolute atomic E-state index is 4.19. The van der Waals surface area contributed by atoms with Gasteiger partial charge in [-0.1, -0.05) is 30.3 Å². The van der Waals surface area contributed by atoms with E-state index in [4.69, 9.17) is 0 Å². The second-order valence-electron chi connectivity index (χ2n) is 5.56. The summed E-state index contributed by atoms with van der Waals surface area (Å²) in [6.45, 7) is 0. The van der Waals surface area contributed by atoms with Gasteiger partial charge in [-0.2, -0.15) is 0 Å². The van der Waals surface area contributed by atoms with Gasteiger partial charge in [-0.05, 0) is 23.8 Å². The minimum absolute atomic E-state index is 1.08. The summed E-state index contributed by atoms with van der Waals surface area (Å²) in [5, 5.41) is 3.70. The van der Waals surface area contributed by atoms with E-state index in [-0.39, 0.29) is 0 Å². The van der Waals surface area contributed by atoms with Crippen LogP contribution in [-0.2, 0) is 0 Å². The first-order valence-corrected chi connectivity index (χ1v) is 7.32. The Balaban J connectivity index is 1.89. The number of rotatable bonds is 1. The Hall–Kier alpha value is -3.07. The van der Waals surface area contributed by atoms with Crippen molar-refractivity contribution in [3.63, 3.8) is 0 Å². The number of fused-ring (bicyclic) bond motifs is 4. The topological polar surface area (TPSA) is 44.5 Å². The molecule has 0 saturated heterocycles. The Morgan fingerprint density at radius 1 is 0.773 bits per heavy atom. The number of aromatic nitrogens is 3. The van der Waals surface area contributed by atoms with E-state index >= 15 is 0 Å². The Morgan fingerprint density at radius 2 is 1.68 bits per heavy atom. The molecule has 0 spiro atoms. The maximum atomic E-state index is 4.19. The SMILES string of the molecule is c1ccc(-c2c[nH]c3cc4[nH]c5cnccc5c4cc23)cc1.